The van der Waals surface area contributed by atoms with Crippen LogP contribution in [0.1, 0.15) is 36.1 Å². The van der Waals surface area contributed by atoms with Crippen molar-refractivity contribution in [2.45, 2.75) is 37.6 Å². The van der Waals surface area contributed by atoms with Gasteiger partial charge in [0, 0.05) is 35.6 Å². The molecule has 1 amide bonds. The van der Waals surface area contributed by atoms with E-state index in [1.165, 1.54) is 4.88 Å². The zero-order valence-corrected chi connectivity index (χ0v) is 15.3. The monoisotopic (exact) mass is 363 g/mol. The first-order valence-corrected chi connectivity index (χ1v) is 9.83. The Morgan fingerprint density at radius 3 is 2.77 bits per heavy atom. The van der Waals surface area contributed by atoms with Gasteiger partial charge in [-0.05, 0) is 54.1 Å². The maximum Gasteiger partial charge on any atom is 0.231 e. The van der Waals surface area contributed by atoms with Crippen LogP contribution in [0.5, 0.6) is 0 Å². The summed E-state index contributed by atoms with van der Waals surface area (Å²) in [5.74, 6) is 0.150. The van der Waals surface area contributed by atoms with Gasteiger partial charge in [0.05, 0.1) is 11.1 Å². The van der Waals surface area contributed by atoms with Crippen LogP contribution in [0.15, 0.2) is 60.4 Å². The lowest BCUT2D eigenvalue weighted by molar-refractivity contribution is -0.126. The second kappa shape index (κ2) is 7.38. The van der Waals surface area contributed by atoms with E-state index in [-0.39, 0.29) is 11.3 Å². The van der Waals surface area contributed by atoms with Crippen molar-refractivity contribution < 1.29 is 4.79 Å². The van der Waals surface area contributed by atoms with Gasteiger partial charge in [0.15, 0.2) is 0 Å². The molecule has 0 atom stereocenters. The maximum absolute atomic E-state index is 13.1. The highest BCUT2D eigenvalue weighted by Crippen LogP contribution is 2.43. The number of pyridine rings is 2. The second-order valence-corrected chi connectivity index (χ2v) is 7.69. The van der Waals surface area contributed by atoms with Gasteiger partial charge in [-0.15, -0.1) is 11.3 Å². The average Bonchev–Trinajstić information content (AvgIpc) is 3.39. The van der Waals surface area contributed by atoms with E-state index in [0.29, 0.717) is 6.54 Å². The Morgan fingerprint density at radius 1 is 1.15 bits per heavy atom. The van der Waals surface area contributed by atoms with Crippen LogP contribution in [-0.4, -0.2) is 15.9 Å². The Kier molecular flexibility index (Phi) is 4.80. The number of carbonyl (C=O) groups is 1. The number of nitrogens with zero attached hydrogens (tertiary/aromatic N) is 2. The Bertz CT molecular complexity index is 871. The van der Waals surface area contributed by atoms with Crippen molar-refractivity contribution in [3.63, 3.8) is 0 Å². The summed E-state index contributed by atoms with van der Waals surface area (Å²) in [4.78, 5) is 22.8. The average molecular weight is 363 g/mol. The Hall–Kier alpha value is -2.53. The highest BCUT2D eigenvalue weighted by Gasteiger charge is 2.43. The molecule has 1 aliphatic rings. The summed E-state index contributed by atoms with van der Waals surface area (Å²) in [5.41, 5.74) is 2.56. The molecule has 1 saturated carbocycles. The van der Waals surface area contributed by atoms with Crippen LogP contribution in [0.4, 0.5) is 0 Å². The highest BCUT2D eigenvalue weighted by atomic mass is 32.1. The smallest absolute Gasteiger partial charge is 0.231 e. The molecule has 0 unspecified atom stereocenters. The second-order valence-electron chi connectivity index (χ2n) is 6.74. The van der Waals surface area contributed by atoms with E-state index in [4.69, 9.17) is 0 Å². The van der Waals surface area contributed by atoms with E-state index in [9.17, 15) is 4.79 Å². The molecule has 1 aliphatic carbocycles. The Morgan fingerprint density at radius 2 is 2.04 bits per heavy atom. The molecule has 0 spiro atoms. The lowest BCUT2D eigenvalue weighted by Crippen LogP contribution is -2.41. The largest absolute Gasteiger partial charge is 0.351 e. The SMILES string of the molecule is O=C(NCc1ccnc(-c2cccnc2)c1)C1(c2cccs2)CCCC1. The third-order valence-electron chi connectivity index (χ3n) is 5.12. The number of amides is 1. The van der Waals surface area contributed by atoms with E-state index in [1.807, 2.05) is 30.3 Å². The van der Waals surface area contributed by atoms with E-state index >= 15 is 0 Å². The molecule has 132 valence electrons. The van der Waals surface area contributed by atoms with Crippen molar-refractivity contribution in [1.29, 1.82) is 0 Å². The van der Waals surface area contributed by atoms with Gasteiger partial charge in [-0.2, -0.15) is 0 Å². The number of hydrogen-bond donors (Lipinski definition) is 1. The minimum Gasteiger partial charge on any atom is -0.351 e. The van der Waals surface area contributed by atoms with E-state index in [1.54, 1.807) is 29.9 Å². The molecule has 0 radical (unpaired) electrons. The molecule has 3 aromatic rings. The Labute approximate surface area is 157 Å². The number of thiophene rings is 1. The molecule has 0 bridgehead atoms. The molecular weight excluding hydrogens is 342 g/mol. The normalized spacial score (nSPS) is 15.7. The van der Waals surface area contributed by atoms with Crippen LogP contribution in [0.25, 0.3) is 11.3 Å². The summed E-state index contributed by atoms with van der Waals surface area (Å²) in [6.07, 6.45) is 9.45. The van der Waals surface area contributed by atoms with Crippen LogP contribution < -0.4 is 5.32 Å². The predicted molar refractivity (Wildman–Crippen MR) is 104 cm³/mol. The molecule has 0 aromatic carbocycles. The lowest BCUT2D eigenvalue weighted by atomic mass is 9.83. The molecule has 1 fully saturated rings. The van der Waals surface area contributed by atoms with Crippen molar-refractivity contribution in [3.8, 4) is 11.3 Å². The molecule has 1 N–H and O–H groups in total. The van der Waals surface area contributed by atoms with E-state index in [0.717, 1.165) is 42.5 Å². The van der Waals surface area contributed by atoms with Crippen LogP contribution in [0.2, 0.25) is 0 Å². The fourth-order valence-corrected chi connectivity index (χ4v) is 4.71. The number of nitrogens with one attached hydrogen (secondary N) is 1. The molecule has 4 nitrogen and oxygen atoms in total. The zero-order chi connectivity index (χ0) is 17.8. The number of hydrogen-bond acceptors (Lipinski definition) is 4. The molecule has 3 heterocycles. The van der Waals surface area contributed by atoms with Gasteiger partial charge >= 0.3 is 0 Å². The van der Waals surface area contributed by atoms with Crippen molar-refractivity contribution in [2.75, 3.05) is 0 Å². The first kappa shape index (κ1) is 16.9. The van der Waals surface area contributed by atoms with Crippen LogP contribution in [-0.2, 0) is 16.8 Å². The van der Waals surface area contributed by atoms with E-state index < -0.39 is 0 Å². The minimum atomic E-state index is -0.340. The molecule has 26 heavy (non-hydrogen) atoms. The summed E-state index contributed by atoms with van der Waals surface area (Å²) in [5, 5.41) is 5.23. The first-order valence-electron chi connectivity index (χ1n) is 8.96. The summed E-state index contributed by atoms with van der Waals surface area (Å²) in [6, 6.07) is 12.0. The van der Waals surface area contributed by atoms with Gasteiger partial charge in [0.2, 0.25) is 5.91 Å². The fraction of sp³-hybridized carbons (Fsp3) is 0.286. The molecule has 0 saturated heterocycles. The molecule has 4 rings (SSSR count). The highest BCUT2D eigenvalue weighted by molar-refractivity contribution is 7.10. The predicted octanol–water partition coefficient (Wildman–Crippen LogP) is 4.33. The third-order valence-corrected chi connectivity index (χ3v) is 6.19. The fourth-order valence-electron chi connectivity index (χ4n) is 3.72. The molecule has 3 aromatic heterocycles. The van der Waals surface area contributed by atoms with Gasteiger partial charge in [-0.1, -0.05) is 18.9 Å². The first-order chi connectivity index (χ1) is 12.8. The van der Waals surface area contributed by atoms with E-state index in [2.05, 4.69) is 26.7 Å². The van der Waals surface area contributed by atoms with Gasteiger partial charge in [0.25, 0.3) is 0 Å². The minimum absolute atomic E-state index is 0.150. The number of carbonyl (C=O) groups excluding carboxylic acids is 1. The van der Waals surface area contributed by atoms with Gasteiger partial charge in [-0.3, -0.25) is 14.8 Å². The maximum atomic E-state index is 13.1. The summed E-state index contributed by atoms with van der Waals surface area (Å²) >= 11 is 1.69. The zero-order valence-electron chi connectivity index (χ0n) is 14.5. The summed E-state index contributed by atoms with van der Waals surface area (Å²) < 4.78 is 0. The standard InChI is InChI=1S/C21H21N3OS/c25-20(21(8-1-2-9-21)19-6-4-12-26-19)24-14-16-7-11-23-18(13-16)17-5-3-10-22-15-17/h3-7,10-13,15H,1-2,8-9,14H2,(H,24,25). The molecule has 5 heteroatoms. The van der Waals surface area contributed by atoms with Crippen molar-refractivity contribution in [2.24, 2.45) is 0 Å². The van der Waals surface area contributed by atoms with Crippen LogP contribution in [0.3, 0.4) is 0 Å². The van der Waals surface area contributed by atoms with Gasteiger partial charge in [0.1, 0.15) is 0 Å². The topological polar surface area (TPSA) is 54.9 Å². The molecular formula is C21H21N3OS. The number of rotatable bonds is 5. The Balaban J connectivity index is 1.49. The van der Waals surface area contributed by atoms with Crippen LogP contribution >= 0.6 is 11.3 Å². The van der Waals surface area contributed by atoms with Crippen molar-refractivity contribution in [3.05, 3.63) is 70.8 Å². The van der Waals surface area contributed by atoms with Crippen molar-refractivity contribution >= 4 is 17.2 Å². The van der Waals surface area contributed by atoms with Crippen LogP contribution in [0, 0.1) is 0 Å². The summed E-state index contributed by atoms with van der Waals surface area (Å²) in [7, 11) is 0. The molecule has 0 aliphatic heterocycles. The summed E-state index contributed by atoms with van der Waals surface area (Å²) in [6.45, 7) is 0.516. The lowest BCUT2D eigenvalue weighted by Gasteiger charge is -2.26. The third kappa shape index (κ3) is 3.27. The van der Waals surface area contributed by atoms with Gasteiger partial charge in [-0.25, -0.2) is 0 Å². The van der Waals surface area contributed by atoms with Crippen molar-refractivity contribution in [1.82, 2.24) is 15.3 Å². The van der Waals surface area contributed by atoms with Gasteiger partial charge < -0.3 is 5.32 Å². The quantitative estimate of drug-likeness (QED) is 0.734. The number of aromatic nitrogens is 2.